The normalized spacial score (nSPS) is 14.5. The minimum absolute atomic E-state index is 0.0928. The lowest BCUT2D eigenvalue weighted by atomic mass is 10.2. The number of hydrogen-bond acceptors (Lipinski definition) is 3. The van der Waals surface area contributed by atoms with Crippen LogP contribution in [0.1, 0.15) is 34.1 Å². The van der Waals surface area contributed by atoms with Gasteiger partial charge in [0, 0.05) is 15.8 Å². The highest BCUT2D eigenvalue weighted by molar-refractivity contribution is 6.13. The van der Waals surface area contributed by atoms with Crippen LogP contribution in [0.3, 0.4) is 0 Å². The van der Waals surface area contributed by atoms with E-state index in [1.165, 1.54) is 0 Å². The molecular formula is C10H20O3Si. The molecule has 0 heterocycles. The molecule has 0 saturated heterocycles. The average Bonchev–Trinajstić information content (AvgIpc) is 2.13. The van der Waals surface area contributed by atoms with Crippen LogP contribution in [0, 0.1) is 0 Å². The van der Waals surface area contributed by atoms with Crippen LogP contribution in [-0.4, -0.2) is 22.3 Å². The molecule has 0 aliphatic carbocycles. The van der Waals surface area contributed by atoms with Gasteiger partial charge in [0.25, 0.3) is 0 Å². The largest absolute Gasteiger partial charge is 0.368 e. The van der Waals surface area contributed by atoms with E-state index in [4.69, 9.17) is 4.89 Å². The van der Waals surface area contributed by atoms with Crippen LogP contribution in [0.15, 0.2) is 11.6 Å². The molecule has 0 aromatic heterocycles. The Morgan fingerprint density at radius 3 is 2.50 bits per heavy atom. The molecule has 82 valence electrons. The molecule has 14 heavy (non-hydrogen) atoms. The number of carbonyl (C=O) groups excluding carboxylic acids is 1. The maximum Gasteiger partial charge on any atom is 0.368 e. The number of carbonyl (C=O) groups is 1. The van der Waals surface area contributed by atoms with E-state index >= 15 is 0 Å². The molecule has 0 spiro atoms. The summed E-state index contributed by atoms with van der Waals surface area (Å²) >= 11 is 0. The number of rotatable bonds is 5. The fraction of sp³-hybridized carbons (Fsp3) is 0.700. The summed E-state index contributed by atoms with van der Waals surface area (Å²) in [7, 11) is 1.06. The van der Waals surface area contributed by atoms with Crippen molar-refractivity contribution in [2.24, 2.45) is 0 Å². The second-order valence-electron chi connectivity index (χ2n) is 3.75. The first-order valence-electron chi connectivity index (χ1n) is 5.03. The molecule has 0 aromatic carbocycles. The van der Waals surface area contributed by atoms with Crippen LogP contribution in [0.5, 0.6) is 0 Å². The van der Waals surface area contributed by atoms with Gasteiger partial charge in [0.1, 0.15) is 0 Å². The van der Waals surface area contributed by atoms with Gasteiger partial charge in [-0.1, -0.05) is 19.4 Å². The van der Waals surface area contributed by atoms with Crippen LogP contribution in [0.2, 0.25) is 5.54 Å². The molecule has 0 N–H and O–H groups in total. The minimum atomic E-state index is -0.381. The summed E-state index contributed by atoms with van der Waals surface area (Å²) in [5, 5.41) is 0. The van der Waals surface area contributed by atoms with Gasteiger partial charge in [-0.25, -0.2) is 4.79 Å². The zero-order chi connectivity index (χ0) is 11.1. The van der Waals surface area contributed by atoms with Gasteiger partial charge in [0.05, 0.1) is 6.10 Å². The Bertz CT molecular complexity index is 211. The average molecular weight is 216 g/mol. The van der Waals surface area contributed by atoms with Crippen molar-refractivity contribution in [1.29, 1.82) is 0 Å². The molecule has 0 aromatic rings. The quantitative estimate of drug-likeness (QED) is 0.301. The summed E-state index contributed by atoms with van der Waals surface area (Å²) in [5.74, 6) is -0.381. The molecular weight excluding hydrogens is 196 g/mol. The molecule has 0 radical (unpaired) electrons. The van der Waals surface area contributed by atoms with E-state index in [9.17, 15) is 4.79 Å². The SMILES string of the molecule is CCC([SiH3])C=C(C)C(=O)OOC(C)C. The van der Waals surface area contributed by atoms with Crippen LogP contribution >= 0.6 is 0 Å². The molecule has 0 fully saturated rings. The third kappa shape index (κ3) is 5.94. The summed E-state index contributed by atoms with van der Waals surface area (Å²) in [5.41, 5.74) is 1.16. The fourth-order valence-electron chi connectivity index (χ4n) is 0.818. The zero-order valence-corrected chi connectivity index (χ0v) is 11.7. The molecule has 0 saturated carbocycles. The van der Waals surface area contributed by atoms with Crippen molar-refractivity contribution >= 4 is 16.2 Å². The summed E-state index contributed by atoms with van der Waals surface area (Å²) < 4.78 is 0. The predicted octanol–water partition coefficient (Wildman–Crippen LogP) is 1.38. The van der Waals surface area contributed by atoms with E-state index in [1.807, 2.05) is 19.9 Å². The fourth-order valence-corrected chi connectivity index (χ4v) is 1.32. The Hall–Kier alpha value is -0.613. The summed E-state index contributed by atoms with van der Waals surface area (Å²) in [6.45, 7) is 7.49. The summed E-state index contributed by atoms with van der Waals surface area (Å²) in [6, 6.07) is 0. The van der Waals surface area contributed by atoms with Crippen molar-refractivity contribution in [2.75, 3.05) is 0 Å². The Balaban J connectivity index is 4.05. The predicted molar refractivity (Wildman–Crippen MR) is 60.1 cm³/mol. The highest BCUT2D eigenvalue weighted by Crippen LogP contribution is 2.10. The second kappa shape index (κ2) is 6.78. The summed E-state index contributed by atoms with van der Waals surface area (Å²) in [4.78, 5) is 20.7. The molecule has 1 unspecified atom stereocenters. The smallest absolute Gasteiger partial charge is 0.293 e. The van der Waals surface area contributed by atoms with Gasteiger partial charge >= 0.3 is 5.97 Å². The molecule has 3 nitrogen and oxygen atoms in total. The van der Waals surface area contributed by atoms with Crippen molar-refractivity contribution in [2.45, 2.75) is 45.8 Å². The third-order valence-electron chi connectivity index (χ3n) is 1.82. The van der Waals surface area contributed by atoms with Gasteiger partial charge < -0.3 is 0 Å². The van der Waals surface area contributed by atoms with E-state index in [0.29, 0.717) is 11.1 Å². The third-order valence-corrected chi connectivity index (χ3v) is 2.97. The van der Waals surface area contributed by atoms with E-state index in [-0.39, 0.29) is 12.1 Å². The van der Waals surface area contributed by atoms with Crippen LogP contribution in [0.25, 0.3) is 0 Å². The van der Waals surface area contributed by atoms with Crippen molar-refractivity contribution < 1.29 is 14.6 Å². The Kier molecular flexibility index (Phi) is 6.49. The highest BCUT2D eigenvalue weighted by Gasteiger charge is 2.09. The Labute approximate surface area is 88.8 Å². The number of allylic oxidation sites excluding steroid dienone is 1. The monoisotopic (exact) mass is 216 g/mol. The molecule has 0 aliphatic heterocycles. The van der Waals surface area contributed by atoms with E-state index in [1.54, 1.807) is 6.92 Å². The Morgan fingerprint density at radius 2 is 2.07 bits per heavy atom. The lowest BCUT2D eigenvalue weighted by molar-refractivity contribution is -0.287. The molecule has 0 aliphatic rings. The maximum absolute atomic E-state index is 11.3. The van der Waals surface area contributed by atoms with Crippen molar-refractivity contribution in [3.05, 3.63) is 11.6 Å². The lowest BCUT2D eigenvalue weighted by Gasteiger charge is -2.07. The Morgan fingerprint density at radius 1 is 1.50 bits per heavy atom. The molecule has 0 bridgehead atoms. The highest BCUT2D eigenvalue weighted by atomic mass is 28.1. The van der Waals surface area contributed by atoms with Crippen molar-refractivity contribution in [3.8, 4) is 0 Å². The van der Waals surface area contributed by atoms with Gasteiger partial charge in [-0.15, -0.1) is 0 Å². The van der Waals surface area contributed by atoms with Gasteiger partial charge in [0.15, 0.2) is 0 Å². The standard InChI is InChI=1S/C10H20O3Si/c1-5-9(14)6-8(4)10(11)13-12-7(2)3/h6-7,9H,5H2,1-4,14H3. The first-order valence-corrected chi connectivity index (χ1v) is 6.18. The molecule has 4 heteroatoms. The van der Waals surface area contributed by atoms with Crippen LogP contribution in [-0.2, 0) is 14.6 Å². The first-order chi connectivity index (χ1) is 6.47. The van der Waals surface area contributed by atoms with Crippen LogP contribution < -0.4 is 0 Å². The van der Waals surface area contributed by atoms with Crippen molar-refractivity contribution in [1.82, 2.24) is 0 Å². The molecule has 1 atom stereocenters. The minimum Gasteiger partial charge on any atom is -0.293 e. The topological polar surface area (TPSA) is 35.5 Å². The summed E-state index contributed by atoms with van der Waals surface area (Å²) in [6.07, 6.45) is 2.94. The van der Waals surface area contributed by atoms with E-state index in [2.05, 4.69) is 11.8 Å². The molecule has 0 amide bonds. The van der Waals surface area contributed by atoms with Gasteiger partial charge in [0.2, 0.25) is 0 Å². The number of hydrogen-bond donors (Lipinski definition) is 0. The maximum atomic E-state index is 11.3. The van der Waals surface area contributed by atoms with Gasteiger partial charge in [-0.3, -0.25) is 4.89 Å². The molecule has 0 rings (SSSR count). The first kappa shape index (κ1) is 13.4. The van der Waals surface area contributed by atoms with Crippen LogP contribution in [0.4, 0.5) is 0 Å². The van der Waals surface area contributed by atoms with Gasteiger partial charge in [-0.2, -0.15) is 4.89 Å². The van der Waals surface area contributed by atoms with E-state index in [0.717, 1.165) is 16.7 Å². The van der Waals surface area contributed by atoms with E-state index < -0.39 is 0 Å². The second-order valence-corrected chi connectivity index (χ2v) is 5.23. The zero-order valence-electron chi connectivity index (χ0n) is 9.66. The van der Waals surface area contributed by atoms with Gasteiger partial charge in [-0.05, 0) is 26.3 Å². The lowest BCUT2D eigenvalue weighted by Crippen LogP contribution is -2.11. The van der Waals surface area contributed by atoms with Crippen molar-refractivity contribution in [3.63, 3.8) is 0 Å².